The molecule has 1 aromatic rings. The van der Waals surface area contributed by atoms with Gasteiger partial charge in [0.15, 0.2) is 6.10 Å². The van der Waals surface area contributed by atoms with Crippen LogP contribution in [-0.4, -0.2) is 32.5 Å². The monoisotopic (exact) mass is 230 g/mol. The number of aliphatic carboxylic acids is 1. The van der Waals surface area contributed by atoms with E-state index in [0.717, 1.165) is 12.1 Å². The van der Waals surface area contributed by atoms with Crippen LogP contribution in [0.2, 0.25) is 0 Å². The molecule has 0 bridgehead atoms. The van der Waals surface area contributed by atoms with Crippen LogP contribution in [0.3, 0.4) is 0 Å². The van der Waals surface area contributed by atoms with Crippen LogP contribution in [-0.2, 0) is 4.79 Å². The summed E-state index contributed by atoms with van der Waals surface area (Å²) in [5.74, 6) is -2.83. The highest BCUT2D eigenvalue weighted by molar-refractivity contribution is 5.73. The van der Waals surface area contributed by atoms with Gasteiger partial charge >= 0.3 is 5.97 Å². The van der Waals surface area contributed by atoms with E-state index in [-0.39, 0.29) is 11.1 Å². The van der Waals surface area contributed by atoms with E-state index in [0.29, 0.717) is 0 Å². The third kappa shape index (κ3) is 2.29. The molecule has 16 heavy (non-hydrogen) atoms. The quantitative estimate of drug-likeness (QED) is 0.599. The Balaban J connectivity index is 3.17. The average Bonchev–Trinajstić information content (AvgIpc) is 2.21. The molecule has 1 rings (SSSR count). The molecule has 0 heterocycles. The standard InChI is InChI=1S/C10H11FO5/c1-4-2-5(11)3-6(7(4)12)8(13)9(14)10(15)16/h2-3,8-9,12-14H,1H3,(H,15,16). The Morgan fingerprint density at radius 3 is 2.44 bits per heavy atom. The minimum absolute atomic E-state index is 0.145. The average molecular weight is 230 g/mol. The SMILES string of the molecule is Cc1cc(F)cc(C(O)C(O)C(=O)O)c1O. The molecule has 0 radical (unpaired) electrons. The van der Waals surface area contributed by atoms with Gasteiger partial charge in [-0.05, 0) is 24.6 Å². The molecule has 0 saturated carbocycles. The Labute approximate surface area is 90.4 Å². The van der Waals surface area contributed by atoms with Crippen molar-refractivity contribution in [1.82, 2.24) is 0 Å². The van der Waals surface area contributed by atoms with E-state index in [1.165, 1.54) is 6.92 Å². The minimum atomic E-state index is -2.12. The maximum absolute atomic E-state index is 13.0. The number of halogens is 1. The molecule has 88 valence electrons. The number of phenols is 1. The molecule has 0 aliphatic carbocycles. The zero-order chi connectivity index (χ0) is 12.5. The van der Waals surface area contributed by atoms with Gasteiger partial charge in [0.05, 0.1) is 0 Å². The summed E-state index contributed by atoms with van der Waals surface area (Å²) in [6, 6.07) is 1.80. The van der Waals surface area contributed by atoms with E-state index in [1.54, 1.807) is 0 Å². The molecule has 6 heteroatoms. The van der Waals surface area contributed by atoms with E-state index in [2.05, 4.69) is 0 Å². The largest absolute Gasteiger partial charge is 0.507 e. The van der Waals surface area contributed by atoms with E-state index >= 15 is 0 Å². The molecule has 1 aromatic carbocycles. The normalized spacial score (nSPS) is 14.5. The highest BCUT2D eigenvalue weighted by Crippen LogP contribution is 2.30. The molecular formula is C10H11FO5. The number of carboxylic acid groups (broad SMARTS) is 1. The Bertz CT molecular complexity index is 418. The van der Waals surface area contributed by atoms with Crippen molar-refractivity contribution in [2.75, 3.05) is 0 Å². The lowest BCUT2D eigenvalue weighted by molar-refractivity contribution is -0.153. The van der Waals surface area contributed by atoms with Gasteiger partial charge in [0.25, 0.3) is 0 Å². The van der Waals surface area contributed by atoms with Crippen LogP contribution in [0.5, 0.6) is 5.75 Å². The molecule has 0 aliphatic rings. The summed E-state index contributed by atoms with van der Waals surface area (Å²) in [7, 11) is 0. The lowest BCUT2D eigenvalue weighted by Crippen LogP contribution is -2.27. The van der Waals surface area contributed by atoms with Crippen molar-refractivity contribution in [3.63, 3.8) is 0 Å². The number of aryl methyl sites for hydroxylation is 1. The van der Waals surface area contributed by atoms with Crippen molar-refractivity contribution in [3.8, 4) is 5.75 Å². The van der Waals surface area contributed by atoms with Gasteiger partial charge in [-0.1, -0.05) is 0 Å². The minimum Gasteiger partial charge on any atom is -0.507 e. The van der Waals surface area contributed by atoms with Crippen molar-refractivity contribution >= 4 is 5.97 Å². The second kappa shape index (κ2) is 4.46. The summed E-state index contributed by atoms with van der Waals surface area (Å²) in [5.41, 5.74) is -0.209. The van der Waals surface area contributed by atoms with Crippen LogP contribution in [0.15, 0.2) is 12.1 Å². The van der Waals surface area contributed by atoms with Crippen LogP contribution in [0.4, 0.5) is 4.39 Å². The number of rotatable bonds is 3. The first kappa shape index (κ1) is 12.4. The lowest BCUT2D eigenvalue weighted by atomic mass is 10.0. The Morgan fingerprint density at radius 2 is 1.94 bits per heavy atom. The van der Waals surface area contributed by atoms with Gasteiger partial charge in [-0.2, -0.15) is 0 Å². The number of carboxylic acids is 1. The van der Waals surface area contributed by atoms with E-state index in [1.807, 2.05) is 0 Å². The van der Waals surface area contributed by atoms with Crippen molar-refractivity contribution in [3.05, 3.63) is 29.1 Å². The van der Waals surface area contributed by atoms with Gasteiger partial charge in [0.1, 0.15) is 17.7 Å². The predicted octanol–water partition coefficient (Wildman–Crippen LogP) is 0.319. The smallest absolute Gasteiger partial charge is 0.335 e. The van der Waals surface area contributed by atoms with Crippen molar-refractivity contribution < 1.29 is 29.6 Å². The first-order chi connectivity index (χ1) is 7.34. The van der Waals surface area contributed by atoms with Crippen molar-refractivity contribution in [1.29, 1.82) is 0 Å². The predicted molar refractivity (Wildman–Crippen MR) is 51.4 cm³/mol. The van der Waals surface area contributed by atoms with Gasteiger partial charge in [-0.3, -0.25) is 0 Å². The fourth-order valence-corrected chi connectivity index (χ4v) is 1.29. The molecule has 4 N–H and O–H groups in total. The van der Waals surface area contributed by atoms with E-state index in [9.17, 15) is 19.4 Å². The molecule has 5 nitrogen and oxygen atoms in total. The zero-order valence-electron chi connectivity index (χ0n) is 8.38. The molecule has 0 aliphatic heterocycles. The number of benzene rings is 1. The maximum Gasteiger partial charge on any atom is 0.335 e. The van der Waals surface area contributed by atoms with Gasteiger partial charge in [0, 0.05) is 5.56 Å². The highest BCUT2D eigenvalue weighted by Gasteiger charge is 2.28. The topological polar surface area (TPSA) is 98.0 Å². The number of phenolic OH excluding ortho intramolecular Hbond substituents is 1. The molecule has 0 amide bonds. The number of aromatic hydroxyl groups is 1. The van der Waals surface area contributed by atoms with Crippen LogP contribution in [0.1, 0.15) is 17.2 Å². The molecule has 0 fully saturated rings. The van der Waals surface area contributed by atoms with E-state index < -0.39 is 29.7 Å². The first-order valence-electron chi connectivity index (χ1n) is 4.42. The summed E-state index contributed by atoms with van der Waals surface area (Å²) < 4.78 is 13.0. The molecule has 2 atom stereocenters. The number of aliphatic hydroxyl groups excluding tert-OH is 2. The number of hydrogen-bond donors (Lipinski definition) is 4. The molecule has 0 spiro atoms. The van der Waals surface area contributed by atoms with Gasteiger partial charge < -0.3 is 20.4 Å². The van der Waals surface area contributed by atoms with Gasteiger partial charge in [-0.25, -0.2) is 9.18 Å². The summed E-state index contributed by atoms with van der Waals surface area (Å²) in [6.07, 6.45) is -4.00. The number of aliphatic hydroxyl groups is 2. The fraction of sp³-hybridized carbons (Fsp3) is 0.300. The molecule has 0 saturated heterocycles. The highest BCUT2D eigenvalue weighted by atomic mass is 19.1. The second-order valence-electron chi connectivity index (χ2n) is 3.39. The lowest BCUT2D eigenvalue weighted by Gasteiger charge is -2.16. The first-order valence-corrected chi connectivity index (χ1v) is 4.42. The van der Waals surface area contributed by atoms with Gasteiger partial charge in [-0.15, -0.1) is 0 Å². The fourth-order valence-electron chi connectivity index (χ4n) is 1.29. The Kier molecular flexibility index (Phi) is 3.46. The summed E-state index contributed by atoms with van der Waals surface area (Å²) in [5, 5.41) is 36.5. The Hall–Kier alpha value is -1.66. The third-order valence-corrected chi connectivity index (χ3v) is 2.17. The zero-order valence-corrected chi connectivity index (χ0v) is 8.38. The van der Waals surface area contributed by atoms with Crippen molar-refractivity contribution in [2.45, 2.75) is 19.1 Å². The summed E-state index contributed by atoms with van der Waals surface area (Å²) in [4.78, 5) is 10.4. The van der Waals surface area contributed by atoms with Crippen LogP contribution < -0.4 is 0 Å². The third-order valence-electron chi connectivity index (χ3n) is 2.17. The molecular weight excluding hydrogens is 219 g/mol. The summed E-state index contributed by atoms with van der Waals surface area (Å²) >= 11 is 0. The van der Waals surface area contributed by atoms with Crippen molar-refractivity contribution in [2.24, 2.45) is 0 Å². The molecule has 0 aromatic heterocycles. The second-order valence-corrected chi connectivity index (χ2v) is 3.39. The van der Waals surface area contributed by atoms with Crippen LogP contribution in [0.25, 0.3) is 0 Å². The van der Waals surface area contributed by atoms with E-state index in [4.69, 9.17) is 10.2 Å². The Morgan fingerprint density at radius 1 is 1.38 bits per heavy atom. The maximum atomic E-state index is 13.0. The van der Waals surface area contributed by atoms with Crippen LogP contribution in [0, 0.1) is 12.7 Å². The summed E-state index contributed by atoms with van der Waals surface area (Å²) in [6.45, 7) is 1.39. The van der Waals surface area contributed by atoms with Gasteiger partial charge in [0.2, 0.25) is 0 Å². The number of hydrogen-bond acceptors (Lipinski definition) is 4. The molecule has 2 unspecified atom stereocenters. The van der Waals surface area contributed by atoms with Crippen LogP contribution >= 0.6 is 0 Å². The number of carbonyl (C=O) groups is 1.